The van der Waals surface area contributed by atoms with E-state index in [1.807, 2.05) is 56.5 Å². The van der Waals surface area contributed by atoms with Crippen molar-refractivity contribution >= 4 is 63.7 Å². The maximum Gasteiger partial charge on any atom is 0.237 e. The number of carbonyl (C=O) groups excluding carboxylic acids is 2. The van der Waals surface area contributed by atoms with Crippen molar-refractivity contribution in [2.45, 2.75) is 83.8 Å². The normalized spacial score (nSPS) is 19.3. The minimum Gasteiger partial charge on any atom is -0.377 e. The van der Waals surface area contributed by atoms with Crippen molar-refractivity contribution in [1.29, 1.82) is 5.26 Å². The number of amides is 2. The van der Waals surface area contributed by atoms with Crippen LogP contribution in [0.15, 0.2) is 65.7 Å². The van der Waals surface area contributed by atoms with Crippen LogP contribution in [0.3, 0.4) is 0 Å². The average molecular weight is 1110 g/mol. The minimum absolute atomic E-state index is 0.00606. The fourth-order valence-corrected chi connectivity index (χ4v) is 11.2. The van der Waals surface area contributed by atoms with Gasteiger partial charge in [0.1, 0.15) is 33.9 Å². The number of thiophene rings is 1. The molecule has 75 heavy (non-hydrogen) atoms. The van der Waals surface area contributed by atoms with E-state index in [1.54, 1.807) is 17.4 Å². The third kappa shape index (κ3) is 14.0. The van der Waals surface area contributed by atoms with Crippen LogP contribution < -0.4 is 16.0 Å². The van der Waals surface area contributed by atoms with Crippen LogP contribution in [0.5, 0.6) is 0 Å². The molecule has 1 fully saturated rings. The highest BCUT2D eigenvalue weighted by atomic mass is 35.5. The summed E-state index contributed by atoms with van der Waals surface area (Å²) < 4.78 is 62.0. The number of nitrogens with one attached hydrogen (secondary N) is 3. The lowest BCUT2D eigenvalue weighted by atomic mass is 9.62. The van der Waals surface area contributed by atoms with Crippen LogP contribution in [-0.4, -0.2) is 124 Å². The van der Waals surface area contributed by atoms with Gasteiger partial charge in [-0.3, -0.25) is 19.1 Å². The van der Waals surface area contributed by atoms with E-state index in [9.17, 15) is 14.9 Å². The third-order valence-corrected chi connectivity index (χ3v) is 15.0. The van der Waals surface area contributed by atoms with Crippen LogP contribution in [0.4, 0.5) is 8.78 Å². The number of hydrogen-bond donors (Lipinski definition) is 3. The van der Waals surface area contributed by atoms with Gasteiger partial charge >= 0.3 is 0 Å². The molecule has 0 radical (unpaired) electrons. The second-order valence-electron chi connectivity index (χ2n) is 19.5. The number of rotatable bonds is 25. The van der Waals surface area contributed by atoms with E-state index in [0.29, 0.717) is 70.1 Å². The summed E-state index contributed by atoms with van der Waals surface area (Å²) in [5, 5.41) is 30.5. The van der Waals surface area contributed by atoms with Crippen LogP contribution in [0.1, 0.15) is 89.9 Å². The van der Waals surface area contributed by atoms with Crippen molar-refractivity contribution < 1.29 is 42.1 Å². The molecule has 21 heteroatoms. The Morgan fingerprint density at radius 3 is 2.03 bits per heavy atom. The summed E-state index contributed by atoms with van der Waals surface area (Å²) in [6, 6.07) is 15.9. The monoisotopic (exact) mass is 1110 g/mol. The first kappa shape index (κ1) is 57.8. The highest BCUT2D eigenvalue weighted by Crippen LogP contribution is 2.53. The molecule has 2 aliphatic rings. The van der Waals surface area contributed by atoms with Gasteiger partial charge in [0.15, 0.2) is 5.82 Å². The molecule has 15 nitrogen and oxygen atoms in total. The van der Waals surface area contributed by atoms with Crippen LogP contribution in [-0.2, 0) is 38.7 Å². The summed E-state index contributed by atoms with van der Waals surface area (Å²) in [6.07, 6.45) is 0.431. The SMILES string of the molecule is Cc1sc2c(c1C)C(c1ccc(Cl)cc1)=N[C@@H](CC(=O)NCCOCCOCCOCCOCCOCCNC(=O)C1NC(CC(C)(C)C)C(C#N)(c3ccc(Cl)cc3F)C1c1cccc(Cl)c1F)c1nnc(C)n1-2. The van der Waals surface area contributed by atoms with E-state index < -0.39 is 47.0 Å². The lowest BCUT2D eigenvalue weighted by Crippen LogP contribution is -2.46. The van der Waals surface area contributed by atoms with Gasteiger partial charge in [0.25, 0.3) is 0 Å². The van der Waals surface area contributed by atoms with Gasteiger partial charge in [0, 0.05) is 56.7 Å². The number of benzene rings is 3. The molecule has 5 aromatic rings. The molecule has 402 valence electrons. The second kappa shape index (κ2) is 26.4. The number of nitriles is 1. The molecule has 1 saturated heterocycles. The maximum absolute atomic E-state index is 15.9. The number of halogens is 5. The Hall–Kier alpha value is -4.91. The van der Waals surface area contributed by atoms with Crippen molar-refractivity contribution in [2.24, 2.45) is 10.4 Å². The first-order valence-electron chi connectivity index (χ1n) is 24.8. The first-order valence-corrected chi connectivity index (χ1v) is 26.8. The van der Waals surface area contributed by atoms with Gasteiger partial charge in [-0.1, -0.05) is 85.9 Å². The topological polar surface area (TPSA) is 183 Å². The molecule has 2 amide bonds. The molecule has 4 unspecified atom stereocenters. The lowest BCUT2D eigenvalue weighted by Gasteiger charge is -2.37. The zero-order valence-electron chi connectivity index (χ0n) is 42.9. The van der Waals surface area contributed by atoms with Gasteiger partial charge in [-0.05, 0) is 74.1 Å². The maximum atomic E-state index is 15.9. The molecule has 3 N–H and O–H groups in total. The molecule has 2 aliphatic heterocycles. The molecule has 0 saturated carbocycles. The van der Waals surface area contributed by atoms with Crippen LogP contribution >= 0.6 is 46.1 Å². The minimum atomic E-state index is -1.72. The van der Waals surface area contributed by atoms with Crippen molar-refractivity contribution in [3.8, 4) is 11.1 Å². The van der Waals surface area contributed by atoms with E-state index in [2.05, 4.69) is 46.1 Å². The Morgan fingerprint density at radius 2 is 1.43 bits per heavy atom. The van der Waals surface area contributed by atoms with E-state index in [-0.39, 0.29) is 65.3 Å². The van der Waals surface area contributed by atoms with Gasteiger partial charge in [0.2, 0.25) is 11.8 Å². The largest absolute Gasteiger partial charge is 0.377 e. The standard InChI is InChI=1S/C54H63Cl3F2N8O7S/c1-32-33(2)75-52-45(32)48(35-10-12-36(55)13-11-35)63-42(50-66-65-34(3)67(50)52)29-44(68)61-16-18-70-20-22-72-24-26-74-27-25-73-23-21-71-19-17-62-51(69)49-46(38-8-7-9-40(57)47(38)59)54(31-60,43(64-49)30-53(4,5)6)39-15-14-37(56)28-41(39)58/h7-15,28,42-43,46,49,64H,16-27,29-30H2,1-6H3,(H,61,68)(H,62,69)/t42-,43?,46?,49?,54?/m0/s1. The summed E-state index contributed by atoms with van der Waals surface area (Å²) in [5.74, 6) is -2.05. The molecule has 4 heterocycles. The van der Waals surface area contributed by atoms with Crippen molar-refractivity contribution in [2.75, 3.05) is 79.2 Å². The molecule has 7 rings (SSSR count). The Morgan fingerprint density at radius 1 is 0.827 bits per heavy atom. The summed E-state index contributed by atoms with van der Waals surface area (Å²) in [7, 11) is 0. The third-order valence-electron chi connectivity index (χ3n) is 13.1. The van der Waals surface area contributed by atoms with Gasteiger partial charge < -0.3 is 39.6 Å². The van der Waals surface area contributed by atoms with Crippen LogP contribution in [0.25, 0.3) is 5.00 Å². The van der Waals surface area contributed by atoms with Crippen LogP contribution in [0.2, 0.25) is 15.1 Å². The predicted octanol–water partition coefficient (Wildman–Crippen LogP) is 9.11. The molecular formula is C54H63Cl3F2N8O7S. The highest BCUT2D eigenvalue weighted by Gasteiger charge is 2.61. The Kier molecular flexibility index (Phi) is 20.4. The summed E-state index contributed by atoms with van der Waals surface area (Å²) >= 11 is 20.3. The van der Waals surface area contributed by atoms with Gasteiger partial charge in [-0.2, -0.15) is 5.26 Å². The van der Waals surface area contributed by atoms with E-state index >= 15 is 8.78 Å². The fraction of sp³-hybridized carbons (Fsp3) is 0.481. The predicted molar refractivity (Wildman–Crippen MR) is 286 cm³/mol. The summed E-state index contributed by atoms with van der Waals surface area (Å²) in [6.45, 7) is 15.5. The number of carbonyl (C=O) groups is 2. The van der Waals surface area contributed by atoms with Crippen molar-refractivity contribution in [3.05, 3.63) is 132 Å². The molecule has 2 aromatic heterocycles. The zero-order chi connectivity index (χ0) is 53.9. The number of ether oxygens (including phenoxy) is 5. The number of aryl methyl sites for hydroxylation is 2. The molecular weight excluding hydrogens is 1050 g/mol. The van der Waals surface area contributed by atoms with Gasteiger partial charge in [-0.25, -0.2) is 8.78 Å². The average Bonchev–Trinajstić information content (AvgIpc) is 3.97. The lowest BCUT2D eigenvalue weighted by molar-refractivity contribution is -0.123. The van der Waals surface area contributed by atoms with Crippen LogP contribution in [0, 0.1) is 49.2 Å². The highest BCUT2D eigenvalue weighted by molar-refractivity contribution is 7.15. The van der Waals surface area contributed by atoms with E-state index in [1.165, 1.54) is 29.1 Å². The Labute approximate surface area is 455 Å². The molecule has 5 atom stereocenters. The number of aliphatic imine (C=N–C) groups is 1. The molecule has 0 aliphatic carbocycles. The first-order chi connectivity index (χ1) is 35.9. The van der Waals surface area contributed by atoms with Crippen molar-refractivity contribution in [1.82, 2.24) is 30.7 Å². The molecule has 0 spiro atoms. The number of fused-ring (bicyclic) bond motifs is 3. The summed E-state index contributed by atoms with van der Waals surface area (Å²) in [4.78, 5) is 33.5. The smallest absolute Gasteiger partial charge is 0.237 e. The Bertz CT molecular complexity index is 2860. The number of nitrogens with zero attached hydrogens (tertiary/aromatic N) is 5. The second-order valence-corrected chi connectivity index (χ2v) is 22.0. The Balaban J connectivity index is 0.758. The van der Waals surface area contributed by atoms with Gasteiger partial charge in [0.05, 0.1) is 95.3 Å². The fourth-order valence-electron chi connectivity index (χ4n) is 9.54. The van der Waals surface area contributed by atoms with E-state index in [4.69, 9.17) is 63.5 Å². The number of hydrogen-bond acceptors (Lipinski definition) is 13. The van der Waals surface area contributed by atoms with E-state index in [0.717, 1.165) is 39.3 Å². The quantitative estimate of drug-likeness (QED) is 0.0474. The van der Waals surface area contributed by atoms with Gasteiger partial charge in [-0.15, -0.1) is 21.5 Å². The number of aromatic nitrogens is 3. The molecule has 0 bridgehead atoms. The summed E-state index contributed by atoms with van der Waals surface area (Å²) in [5.41, 5.74) is 1.74. The zero-order valence-corrected chi connectivity index (χ0v) is 46.0. The van der Waals surface area contributed by atoms with Crippen molar-refractivity contribution in [3.63, 3.8) is 0 Å². The molecule has 3 aromatic carbocycles.